The van der Waals surface area contributed by atoms with Gasteiger partial charge in [0.25, 0.3) is 0 Å². The van der Waals surface area contributed by atoms with Crippen LogP contribution in [-0.4, -0.2) is 11.1 Å². The van der Waals surface area contributed by atoms with Gasteiger partial charge < -0.3 is 14.3 Å². The van der Waals surface area contributed by atoms with Crippen molar-refractivity contribution in [3.05, 3.63) is 96.6 Å². The third-order valence-electron chi connectivity index (χ3n) is 8.42. The third-order valence-corrected chi connectivity index (χ3v) is 9.57. The van der Waals surface area contributed by atoms with Crippen molar-refractivity contribution in [3.63, 3.8) is 0 Å². The Labute approximate surface area is 243 Å². The summed E-state index contributed by atoms with van der Waals surface area (Å²) in [5, 5.41) is 11.1. The number of hydrogen-bond donors (Lipinski definition) is 1. The van der Waals surface area contributed by atoms with E-state index in [2.05, 4.69) is 115 Å². The first-order valence-electron chi connectivity index (χ1n) is 14.7. The fraction of sp³-hybridized carbons (Fsp3) is 0.189. The van der Waals surface area contributed by atoms with E-state index in [0.29, 0.717) is 0 Å². The molecule has 3 heterocycles. The summed E-state index contributed by atoms with van der Waals surface area (Å²) in [4.78, 5) is 0. The summed E-state index contributed by atoms with van der Waals surface area (Å²) in [5.74, 6) is 0. The van der Waals surface area contributed by atoms with Gasteiger partial charge in [0.05, 0.1) is 10.2 Å². The van der Waals surface area contributed by atoms with E-state index >= 15 is 0 Å². The maximum atomic E-state index is 6.71. The molecule has 41 heavy (non-hydrogen) atoms. The molecule has 0 fully saturated rings. The highest BCUT2D eigenvalue weighted by Gasteiger charge is 2.24. The molecular weight excluding hydrogens is 520 g/mol. The van der Waals surface area contributed by atoms with E-state index in [1.54, 1.807) is 0 Å². The van der Waals surface area contributed by atoms with Crippen molar-refractivity contribution in [2.45, 2.75) is 39.5 Å². The zero-order valence-electron chi connectivity index (χ0n) is 23.5. The normalized spacial score (nSPS) is 12.1. The number of anilines is 1. The number of nitrogens with zero attached hydrogens (tertiary/aromatic N) is 1. The van der Waals surface area contributed by atoms with E-state index in [-0.39, 0.29) is 0 Å². The number of aryl methyl sites for hydroxylation is 1. The second kappa shape index (κ2) is 9.67. The van der Waals surface area contributed by atoms with Gasteiger partial charge in [-0.15, -0.1) is 11.3 Å². The van der Waals surface area contributed by atoms with Gasteiger partial charge in [-0.2, -0.15) is 0 Å². The van der Waals surface area contributed by atoms with Crippen molar-refractivity contribution in [1.82, 2.24) is 4.57 Å². The quantitative estimate of drug-likeness (QED) is 0.199. The monoisotopic (exact) mass is 552 g/mol. The van der Waals surface area contributed by atoms with Gasteiger partial charge >= 0.3 is 0 Å². The molecule has 8 rings (SSSR count). The first-order valence-corrected chi connectivity index (χ1v) is 15.6. The van der Waals surface area contributed by atoms with Crippen molar-refractivity contribution in [1.29, 1.82) is 0 Å². The lowest BCUT2D eigenvalue weighted by atomic mass is 10.1. The Bertz CT molecular complexity index is 2230. The first-order chi connectivity index (χ1) is 20.2. The van der Waals surface area contributed by atoms with Gasteiger partial charge in [-0.3, -0.25) is 0 Å². The fourth-order valence-electron chi connectivity index (χ4n) is 6.37. The van der Waals surface area contributed by atoms with Crippen molar-refractivity contribution < 1.29 is 4.42 Å². The molecule has 0 aliphatic carbocycles. The molecule has 0 spiro atoms. The molecule has 4 heteroatoms. The Balaban J connectivity index is 1.35. The smallest absolute Gasteiger partial charge is 0.171 e. The highest BCUT2D eigenvalue weighted by atomic mass is 32.1. The van der Waals surface area contributed by atoms with Crippen LogP contribution in [0, 0.1) is 6.92 Å². The molecule has 0 unspecified atom stereocenters. The number of nitrogens with one attached hydrogen (secondary N) is 1. The topological polar surface area (TPSA) is 30.1 Å². The highest BCUT2D eigenvalue weighted by molar-refractivity contribution is 7.26. The van der Waals surface area contributed by atoms with Gasteiger partial charge in [-0.05, 0) is 83.4 Å². The summed E-state index contributed by atoms with van der Waals surface area (Å²) >= 11 is 1.84. The summed E-state index contributed by atoms with van der Waals surface area (Å²) in [7, 11) is 0. The average molecular weight is 553 g/mol. The maximum Gasteiger partial charge on any atom is 0.171 e. The van der Waals surface area contributed by atoms with E-state index in [1.807, 2.05) is 11.3 Å². The summed E-state index contributed by atoms with van der Waals surface area (Å²) < 4.78 is 11.6. The van der Waals surface area contributed by atoms with Crippen LogP contribution in [0.1, 0.15) is 38.2 Å². The van der Waals surface area contributed by atoms with E-state index in [9.17, 15) is 0 Å². The largest absolute Gasteiger partial charge is 0.453 e. The van der Waals surface area contributed by atoms with E-state index in [0.717, 1.165) is 34.3 Å². The van der Waals surface area contributed by atoms with Crippen LogP contribution in [0.5, 0.6) is 0 Å². The highest BCUT2D eigenvalue weighted by Crippen LogP contribution is 2.47. The van der Waals surface area contributed by atoms with Crippen molar-refractivity contribution in [2.24, 2.45) is 0 Å². The number of para-hydroxylation sites is 1. The second-order valence-corrected chi connectivity index (χ2v) is 12.4. The Morgan fingerprint density at radius 2 is 1.54 bits per heavy atom. The predicted octanol–water partition coefficient (Wildman–Crippen LogP) is 11.4. The second-order valence-electron chi connectivity index (χ2n) is 11.3. The van der Waals surface area contributed by atoms with Crippen LogP contribution in [-0.2, 0) is 0 Å². The zero-order chi connectivity index (χ0) is 27.5. The molecule has 202 valence electrons. The predicted molar refractivity (Wildman–Crippen MR) is 178 cm³/mol. The summed E-state index contributed by atoms with van der Waals surface area (Å²) in [6, 6.07) is 33.4. The Kier molecular flexibility index (Phi) is 5.78. The van der Waals surface area contributed by atoms with Gasteiger partial charge in [-0.25, -0.2) is 0 Å². The van der Waals surface area contributed by atoms with Crippen molar-refractivity contribution in [2.75, 3.05) is 11.9 Å². The number of rotatable bonds is 7. The standard InChI is InChI=1S/C37H32N2OS/c1-3-4-5-9-16-38-28-15-14-25-20-31-33(22-27(25)18-28)41-37-35(31)39(29-10-7-6-8-11-29)34-30-19-24-13-12-23(2)17-26(24)21-32(30)40-36(34)37/h6-8,10-15,17-22,38H,3-5,9,16H2,1-2H3. The molecule has 0 aliphatic heterocycles. The molecule has 0 radical (unpaired) electrons. The Hall–Kier alpha value is -4.28. The minimum atomic E-state index is 0.942. The fourth-order valence-corrected chi connectivity index (χ4v) is 7.57. The van der Waals surface area contributed by atoms with Crippen LogP contribution < -0.4 is 5.32 Å². The molecule has 0 amide bonds. The molecule has 1 N–H and O–H groups in total. The van der Waals surface area contributed by atoms with Crippen LogP contribution in [0.2, 0.25) is 0 Å². The lowest BCUT2D eigenvalue weighted by Gasteiger charge is -2.09. The Morgan fingerprint density at radius 3 is 2.39 bits per heavy atom. The number of aromatic nitrogens is 1. The Morgan fingerprint density at radius 1 is 0.732 bits per heavy atom. The minimum Gasteiger partial charge on any atom is -0.453 e. The molecule has 0 atom stereocenters. The number of fused-ring (bicyclic) bond motifs is 9. The summed E-state index contributed by atoms with van der Waals surface area (Å²) in [6.45, 7) is 5.42. The van der Waals surface area contributed by atoms with Crippen LogP contribution in [0.3, 0.4) is 0 Å². The lowest BCUT2D eigenvalue weighted by Crippen LogP contribution is -2.01. The van der Waals surface area contributed by atoms with E-state index in [1.165, 1.54) is 78.8 Å². The number of benzene rings is 5. The summed E-state index contributed by atoms with van der Waals surface area (Å²) in [5.41, 5.74) is 7.92. The van der Waals surface area contributed by atoms with Crippen LogP contribution in [0.4, 0.5) is 5.69 Å². The third kappa shape index (κ3) is 4.00. The number of furan rings is 1. The van der Waals surface area contributed by atoms with Gasteiger partial charge in [0.15, 0.2) is 5.58 Å². The molecule has 0 saturated heterocycles. The van der Waals surface area contributed by atoms with E-state index in [4.69, 9.17) is 4.42 Å². The molecule has 3 aromatic heterocycles. The van der Waals surface area contributed by atoms with Gasteiger partial charge in [0.1, 0.15) is 11.1 Å². The van der Waals surface area contributed by atoms with E-state index < -0.39 is 0 Å². The molecule has 5 aromatic carbocycles. The number of hydrogen-bond acceptors (Lipinski definition) is 3. The SMILES string of the molecule is CCCCCCNc1ccc2cc3c(cc2c1)sc1c2oc4cc5cc(C)ccc5cc4c2n(-c2ccccc2)c31. The number of unbranched alkanes of at least 4 members (excludes halogenated alkanes) is 3. The van der Waals surface area contributed by atoms with Gasteiger partial charge in [0.2, 0.25) is 0 Å². The van der Waals surface area contributed by atoms with Crippen LogP contribution in [0.15, 0.2) is 95.4 Å². The molecule has 8 aromatic rings. The van der Waals surface area contributed by atoms with Gasteiger partial charge in [0, 0.05) is 33.4 Å². The molecule has 0 aliphatic rings. The van der Waals surface area contributed by atoms with Crippen molar-refractivity contribution >= 4 is 80.9 Å². The average Bonchev–Trinajstić information content (AvgIpc) is 3.62. The minimum absolute atomic E-state index is 0.942. The van der Waals surface area contributed by atoms with Crippen LogP contribution >= 0.6 is 11.3 Å². The lowest BCUT2D eigenvalue weighted by molar-refractivity contribution is 0.674. The molecular formula is C37H32N2OS. The summed E-state index contributed by atoms with van der Waals surface area (Å²) in [6.07, 6.45) is 5.08. The van der Waals surface area contributed by atoms with Gasteiger partial charge in [-0.1, -0.05) is 74.2 Å². The van der Waals surface area contributed by atoms with Crippen LogP contribution in [0.25, 0.3) is 69.6 Å². The molecule has 0 bridgehead atoms. The molecule has 0 saturated carbocycles. The first kappa shape index (κ1) is 24.5. The molecule has 3 nitrogen and oxygen atoms in total. The van der Waals surface area contributed by atoms with Crippen molar-refractivity contribution in [3.8, 4) is 5.69 Å². The maximum absolute atomic E-state index is 6.71. The number of thiophene rings is 1. The zero-order valence-corrected chi connectivity index (χ0v) is 24.3.